The number of nitro benzene ring substituents is 1. The highest BCUT2D eigenvalue weighted by Gasteiger charge is 2.19. The van der Waals surface area contributed by atoms with Crippen molar-refractivity contribution in [1.82, 2.24) is 14.9 Å². The molecule has 1 aromatic carbocycles. The number of non-ortho nitro benzene ring substituents is 1. The van der Waals surface area contributed by atoms with Crippen molar-refractivity contribution < 1.29 is 14.1 Å². The van der Waals surface area contributed by atoms with Crippen molar-refractivity contribution in [2.75, 3.05) is 0 Å². The van der Waals surface area contributed by atoms with E-state index < -0.39 is 4.92 Å². The maximum atomic E-state index is 12.9. The fraction of sp³-hybridized carbons (Fsp3) is 0.143. The van der Waals surface area contributed by atoms with E-state index in [0.29, 0.717) is 24.4 Å². The first-order valence-corrected chi connectivity index (χ1v) is 9.01. The molecule has 0 aliphatic rings. The number of rotatable bonds is 6. The molecule has 3 heterocycles. The number of amides is 1. The molecule has 0 saturated carbocycles. The third-order valence-electron chi connectivity index (χ3n) is 4.61. The lowest BCUT2D eigenvalue weighted by molar-refractivity contribution is -0.384. The molecule has 8 heteroatoms. The second-order valence-electron chi connectivity index (χ2n) is 6.69. The Labute approximate surface area is 165 Å². The fourth-order valence-electron chi connectivity index (χ4n) is 3.25. The monoisotopic (exact) mass is 390 g/mol. The Hall–Kier alpha value is -3.94. The van der Waals surface area contributed by atoms with Crippen molar-refractivity contribution in [3.8, 4) is 0 Å². The Morgan fingerprint density at radius 2 is 1.97 bits per heavy atom. The number of carbonyl (C=O) groups is 1. The normalized spacial score (nSPS) is 10.9. The van der Waals surface area contributed by atoms with Gasteiger partial charge in [-0.15, -0.1) is 0 Å². The van der Waals surface area contributed by atoms with Crippen LogP contribution in [-0.4, -0.2) is 20.4 Å². The Balaban J connectivity index is 1.65. The van der Waals surface area contributed by atoms with Gasteiger partial charge in [0.15, 0.2) is 5.58 Å². The van der Waals surface area contributed by atoms with Crippen LogP contribution in [0.2, 0.25) is 0 Å². The lowest BCUT2D eigenvalue weighted by atomic mass is 10.2. The van der Waals surface area contributed by atoms with Crippen molar-refractivity contribution in [1.29, 1.82) is 0 Å². The zero-order valence-electron chi connectivity index (χ0n) is 15.7. The number of aryl methyl sites for hydroxylation is 1. The minimum absolute atomic E-state index is 0.0120. The van der Waals surface area contributed by atoms with Crippen molar-refractivity contribution in [3.63, 3.8) is 0 Å². The summed E-state index contributed by atoms with van der Waals surface area (Å²) in [5.41, 5.74) is 3.46. The molecule has 0 fully saturated rings. The molecule has 0 aliphatic carbocycles. The van der Waals surface area contributed by atoms with Gasteiger partial charge in [-0.05, 0) is 30.2 Å². The first-order valence-electron chi connectivity index (χ1n) is 9.01. The van der Waals surface area contributed by atoms with Gasteiger partial charge in [0, 0.05) is 49.7 Å². The first-order chi connectivity index (χ1) is 14.0. The molecule has 1 N–H and O–H groups in total. The molecule has 0 unspecified atom stereocenters. The van der Waals surface area contributed by atoms with E-state index in [9.17, 15) is 14.9 Å². The Morgan fingerprint density at radius 1 is 1.17 bits per heavy atom. The Kier molecular flexibility index (Phi) is 4.82. The van der Waals surface area contributed by atoms with Crippen molar-refractivity contribution in [2.45, 2.75) is 20.0 Å². The third kappa shape index (κ3) is 3.86. The summed E-state index contributed by atoms with van der Waals surface area (Å²) in [5, 5.41) is 14.0. The predicted molar refractivity (Wildman–Crippen MR) is 107 cm³/mol. The zero-order valence-corrected chi connectivity index (χ0v) is 15.7. The van der Waals surface area contributed by atoms with Gasteiger partial charge in [-0.25, -0.2) is 0 Å². The summed E-state index contributed by atoms with van der Waals surface area (Å²) in [6.07, 6.45) is 3.34. The number of furan rings is 1. The van der Waals surface area contributed by atoms with Crippen molar-refractivity contribution >= 4 is 22.7 Å². The minimum Gasteiger partial charge on any atom is -0.460 e. The molecule has 8 nitrogen and oxygen atoms in total. The summed E-state index contributed by atoms with van der Waals surface area (Å²) in [5.74, 6) is 0.475. The highest BCUT2D eigenvalue weighted by Crippen LogP contribution is 2.25. The van der Waals surface area contributed by atoms with E-state index in [2.05, 4.69) is 10.3 Å². The van der Waals surface area contributed by atoms with Crippen LogP contribution in [0.4, 0.5) is 5.69 Å². The van der Waals surface area contributed by atoms with E-state index in [-0.39, 0.29) is 11.6 Å². The van der Waals surface area contributed by atoms with Gasteiger partial charge in [0.25, 0.3) is 11.6 Å². The summed E-state index contributed by atoms with van der Waals surface area (Å²) in [4.78, 5) is 27.5. The molecule has 4 rings (SSSR count). The molecule has 0 saturated heterocycles. The van der Waals surface area contributed by atoms with Crippen LogP contribution in [0.15, 0.2) is 65.3 Å². The van der Waals surface area contributed by atoms with Gasteiger partial charge in [-0.3, -0.25) is 19.9 Å². The molecule has 0 bridgehead atoms. The molecule has 1 amide bonds. The second kappa shape index (κ2) is 7.59. The van der Waals surface area contributed by atoms with E-state index >= 15 is 0 Å². The molecule has 4 aromatic rings. The molecule has 0 radical (unpaired) electrons. The maximum absolute atomic E-state index is 12.9. The van der Waals surface area contributed by atoms with Gasteiger partial charge in [-0.2, -0.15) is 0 Å². The van der Waals surface area contributed by atoms with Crippen LogP contribution in [0.25, 0.3) is 11.1 Å². The fourth-order valence-corrected chi connectivity index (χ4v) is 3.25. The van der Waals surface area contributed by atoms with Crippen LogP contribution in [0, 0.1) is 17.0 Å². The predicted octanol–water partition coefficient (Wildman–Crippen LogP) is 3.82. The van der Waals surface area contributed by atoms with Crippen LogP contribution in [0.5, 0.6) is 0 Å². The molecule has 0 atom stereocenters. The number of hydrogen-bond acceptors (Lipinski definition) is 5. The van der Waals surface area contributed by atoms with Gasteiger partial charge < -0.3 is 14.3 Å². The van der Waals surface area contributed by atoms with Gasteiger partial charge >= 0.3 is 0 Å². The van der Waals surface area contributed by atoms with Crippen LogP contribution >= 0.6 is 0 Å². The molecular formula is C21H18N4O4. The van der Waals surface area contributed by atoms with E-state index in [1.165, 1.54) is 12.1 Å². The van der Waals surface area contributed by atoms with E-state index in [1.54, 1.807) is 30.6 Å². The number of fused-ring (bicyclic) bond motifs is 1. The van der Waals surface area contributed by atoms with Crippen LogP contribution < -0.4 is 5.32 Å². The van der Waals surface area contributed by atoms with E-state index in [1.807, 2.05) is 29.7 Å². The Bertz CT molecular complexity index is 1190. The molecule has 29 heavy (non-hydrogen) atoms. The average Bonchev–Trinajstić information content (AvgIpc) is 3.24. The molecule has 0 spiro atoms. The Morgan fingerprint density at radius 3 is 2.72 bits per heavy atom. The van der Waals surface area contributed by atoms with E-state index in [4.69, 9.17) is 4.42 Å². The lowest BCUT2D eigenvalue weighted by Crippen LogP contribution is -2.25. The zero-order chi connectivity index (χ0) is 20.4. The first kappa shape index (κ1) is 18.4. The van der Waals surface area contributed by atoms with Crippen molar-refractivity contribution in [3.05, 3.63) is 93.6 Å². The smallest absolute Gasteiger partial charge is 0.269 e. The number of nitrogens with one attached hydrogen (secondary N) is 1. The van der Waals surface area contributed by atoms with Gasteiger partial charge in [0.1, 0.15) is 11.5 Å². The van der Waals surface area contributed by atoms with Crippen molar-refractivity contribution in [2.24, 2.45) is 0 Å². The minimum atomic E-state index is -0.431. The topological polar surface area (TPSA) is 103 Å². The van der Waals surface area contributed by atoms with Gasteiger partial charge in [-0.1, -0.05) is 12.1 Å². The lowest BCUT2D eigenvalue weighted by Gasteiger charge is -2.11. The molecule has 146 valence electrons. The highest BCUT2D eigenvalue weighted by atomic mass is 16.6. The molecule has 3 aromatic heterocycles. The number of carbonyl (C=O) groups excluding carboxylic acids is 1. The standard InChI is InChI=1S/C21H18N4O4/c1-14-9-18-20(29-14)11-19(21(26)23-12-15-5-7-22-8-6-15)24(18)13-16-3-2-4-17(10-16)25(27)28/h2-11H,12-13H2,1H3,(H,23,26). The van der Waals surface area contributed by atoms with E-state index in [0.717, 1.165) is 22.4 Å². The summed E-state index contributed by atoms with van der Waals surface area (Å²) < 4.78 is 7.50. The van der Waals surface area contributed by atoms with Gasteiger partial charge in [0.05, 0.1) is 10.4 Å². The number of nitro groups is 1. The summed E-state index contributed by atoms with van der Waals surface area (Å²) in [6.45, 7) is 2.51. The highest BCUT2D eigenvalue weighted by molar-refractivity contribution is 5.97. The van der Waals surface area contributed by atoms with Gasteiger partial charge in [0.2, 0.25) is 0 Å². The largest absolute Gasteiger partial charge is 0.460 e. The van der Waals surface area contributed by atoms with Crippen LogP contribution in [-0.2, 0) is 13.1 Å². The summed E-state index contributed by atoms with van der Waals surface area (Å²) >= 11 is 0. The maximum Gasteiger partial charge on any atom is 0.269 e. The third-order valence-corrected chi connectivity index (χ3v) is 4.61. The number of aromatic nitrogens is 2. The quantitative estimate of drug-likeness (QED) is 0.398. The SMILES string of the molecule is Cc1cc2c(cc(C(=O)NCc3ccncc3)n2Cc2cccc([N+](=O)[O-])c2)o1. The number of pyridine rings is 1. The summed E-state index contributed by atoms with van der Waals surface area (Å²) in [6, 6.07) is 13.6. The number of benzene rings is 1. The molecular weight excluding hydrogens is 372 g/mol. The second-order valence-corrected chi connectivity index (χ2v) is 6.69. The summed E-state index contributed by atoms with van der Waals surface area (Å²) in [7, 11) is 0. The number of hydrogen-bond donors (Lipinski definition) is 1. The van der Waals surface area contributed by atoms with Crippen LogP contribution in [0.3, 0.4) is 0 Å². The molecule has 0 aliphatic heterocycles. The van der Waals surface area contributed by atoms with Crippen LogP contribution in [0.1, 0.15) is 27.4 Å². The average molecular weight is 390 g/mol. The number of nitrogens with zero attached hydrogens (tertiary/aromatic N) is 3.